The van der Waals surface area contributed by atoms with E-state index in [0.717, 1.165) is 18.8 Å². The Balaban J connectivity index is 1.38. The summed E-state index contributed by atoms with van der Waals surface area (Å²) in [4.78, 5) is 24.0. The first-order chi connectivity index (χ1) is 15.8. The van der Waals surface area contributed by atoms with Crippen LogP contribution in [0.1, 0.15) is 106 Å². The average molecular weight is 471 g/mol. The highest BCUT2D eigenvalue weighted by Crippen LogP contribution is 2.88. The number of aliphatic hydroxyl groups excluding tert-OH is 1. The second-order valence-corrected chi connectivity index (χ2v) is 14.2. The van der Waals surface area contributed by atoms with E-state index in [4.69, 9.17) is 0 Å². The zero-order valence-electron chi connectivity index (χ0n) is 22.2. The van der Waals surface area contributed by atoms with Gasteiger partial charge in [0.2, 0.25) is 0 Å². The first kappa shape index (κ1) is 24.5. The number of fused-ring (bicyclic) bond motifs is 2. The van der Waals surface area contributed by atoms with Crippen molar-refractivity contribution in [1.29, 1.82) is 0 Å². The number of rotatable bonds is 5. The summed E-state index contributed by atoms with van der Waals surface area (Å²) in [5.74, 6) is 1.81. The van der Waals surface area contributed by atoms with Crippen LogP contribution in [-0.4, -0.2) is 28.1 Å². The molecule has 5 aliphatic rings. The fourth-order valence-electron chi connectivity index (χ4n) is 11.1. The van der Waals surface area contributed by atoms with Gasteiger partial charge in [0.25, 0.3) is 0 Å². The number of carbonyl (C=O) groups is 2. The molecule has 190 valence electrons. The number of carbonyl (C=O) groups excluding carboxylic acids is 1. The van der Waals surface area contributed by atoms with Crippen molar-refractivity contribution in [2.24, 2.45) is 50.7 Å². The number of hydrogen-bond acceptors (Lipinski definition) is 3. The number of hydrogen-bond donors (Lipinski definition) is 2. The number of aliphatic hydroxyl groups is 1. The highest BCUT2D eigenvalue weighted by Gasteiger charge is 2.82. The van der Waals surface area contributed by atoms with E-state index < -0.39 is 12.1 Å². The summed E-state index contributed by atoms with van der Waals surface area (Å²) in [6.07, 6.45) is 12.3. The Bertz CT molecular complexity index is 934. The van der Waals surface area contributed by atoms with Gasteiger partial charge >= 0.3 is 5.97 Å². The lowest BCUT2D eigenvalue weighted by Crippen LogP contribution is -2.57. The van der Waals surface area contributed by atoms with Crippen molar-refractivity contribution in [3.8, 4) is 0 Å². The smallest absolute Gasteiger partial charge is 0.331 e. The van der Waals surface area contributed by atoms with Crippen LogP contribution < -0.4 is 0 Å². The molecule has 5 rings (SSSR count). The molecule has 0 bridgehead atoms. The van der Waals surface area contributed by atoms with Crippen LogP contribution >= 0.6 is 0 Å². The summed E-state index contributed by atoms with van der Waals surface area (Å²) >= 11 is 0. The Kier molecular flexibility index (Phi) is 5.36. The normalized spacial score (nSPS) is 48.7. The summed E-state index contributed by atoms with van der Waals surface area (Å²) in [6.45, 7) is 13.5. The van der Waals surface area contributed by atoms with Gasteiger partial charge in [0.05, 0.1) is 6.10 Å². The molecule has 0 radical (unpaired) electrons. The number of ketones is 1. The standard InChI is InChI=1S/C30H46O4/c1-18(15-20(31)16-19(2)25(33)34)21-9-11-28(6)23-8-7-22-26(3,4)24(32)10-12-29(22)17-30(23,29)14-13-27(21,28)5/h16,18,20-23,31H,7-15,17H2,1-6H3,(H,33,34)/b19-16+/t18-,20?,21-,22+,23+,27-,28+,29-,30+/m1/s1. The largest absolute Gasteiger partial charge is 0.478 e. The minimum Gasteiger partial charge on any atom is -0.478 e. The Morgan fingerprint density at radius 2 is 1.65 bits per heavy atom. The summed E-state index contributed by atoms with van der Waals surface area (Å²) in [5.41, 5.74) is 1.54. The van der Waals surface area contributed by atoms with Crippen molar-refractivity contribution in [2.75, 3.05) is 0 Å². The van der Waals surface area contributed by atoms with Gasteiger partial charge in [0, 0.05) is 17.4 Å². The number of carboxylic acids is 1. The quantitative estimate of drug-likeness (QED) is 0.455. The van der Waals surface area contributed by atoms with Crippen molar-refractivity contribution in [1.82, 2.24) is 0 Å². The number of Topliss-reactive ketones (excluding diaryl/α,β-unsaturated/α-hetero) is 1. The predicted molar refractivity (Wildman–Crippen MR) is 133 cm³/mol. The fraction of sp³-hybridized carbons (Fsp3) is 0.867. The Morgan fingerprint density at radius 3 is 2.32 bits per heavy atom. The third-order valence-corrected chi connectivity index (χ3v) is 13.0. The van der Waals surface area contributed by atoms with E-state index in [1.54, 1.807) is 6.92 Å². The zero-order valence-corrected chi connectivity index (χ0v) is 22.2. The lowest BCUT2D eigenvalue weighted by atomic mass is 9.42. The van der Waals surface area contributed by atoms with Crippen LogP contribution in [0.4, 0.5) is 0 Å². The molecule has 5 aliphatic carbocycles. The SMILES string of the molecule is C/C(=C\C(O)C[C@@H](C)[C@H]1CC[C@@]2(C)[C@@H]3CC[C@H]4C(C)(C)C(=O)CC[C@@]45C[C@@]35CC[C@]12C)C(=O)O. The maximum absolute atomic E-state index is 12.8. The molecular weight excluding hydrogens is 424 g/mol. The molecule has 0 aromatic heterocycles. The van der Waals surface area contributed by atoms with Gasteiger partial charge < -0.3 is 10.2 Å². The highest BCUT2D eigenvalue weighted by atomic mass is 16.4. The third kappa shape index (κ3) is 2.93. The van der Waals surface area contributed by atoms with E-state index in [1.807, 2.05) is 0 Å². The van der Waals surface area contributed by atoms with Crippen LogP contribution in [0.15, 0.2) is 11.6 Å². The third-order valence-electron chi connectivity index (χ3n) is 13.0. The highest BCUT2D eigenvalue weighted by molar-refractivity contribution is 5.86. The molecule has 4 nitrogen and oxygen atoms in total. The molecule has 34 heavy (non-hydrogen) atoms. The zero-order chi connectivity index (χ0) is 24.9. The van der Waals surface area contributed by atoms with E-state index in [1.165, 1.54) is 51.0 Å². The summed E-state index contributed by atoms with van der Waals surface area (Å²) in [6, 6.07) is 0. The molecule has 1 unspecified atom stereocenters. The molecule has 0 aromatic rings. The molecule has 0 amide bonds. The predicted octanol–water partition coefficient (Wildman–Crippen LogP) is 6.41. The summed E-state index contributed by atoms with van der Waals surface area (Å²) in [7, 11) is 0. The monoisotopic (exact) mass is 470 g/mol. The minimum absolute atomic E-state index is 0.154. The molecule has 5 fully saturated rings. The number of carboxylic acid groups (broad SMARTS) is 1. The second kappa shape index (κ2) is 7.43. The molecule has 5 saturated carbocycles. The molecule has 0 saturated heterocycles. The van der Waals surface area contributed by atoms with Crippen molar-refractivity contribution in [3.05, 3.63) is 11.6 Å². The van der Waals surface area contributed by atoms with Crippen LogP contribution in [-0.2, 0) is 9.59 Å². The lowest BCUT2D eigenvalue weighted by molar-refractivity contribution is -0.157. The van der Waals surface area contributed by atoms with Gasteiger partial charge in [-0.25, -0.2) is 4.79 Å². The van der Waals surface area contributed by atoms with Crippen LogP contribution in [0.3, 0.4) is 0 Å². The molecular formula is C30H46O4. The van der Waals surface area contributed by atoms with E-state index in [2.05, 4.69) is 34.6 Å². The van der Waals surface area contributed by atoms with Crippen molar-refractivity contribution < 1.29 is 19.8 Å². The lowest BCUT2D eigenvalue weighted by Gasteiger charge is -2.62. The maximum atomic E-state index is 12.8. The average Bonchev–Trinajstić information content (AvgIpc) is 3.33. The van der Waals surface area contributed by atoms with Gasteiger partial charge in [-0.2, -0.15) is 0 Å². The molecule has 0 heterocycles. The van der Waals surface area contributed by atoms with E-state index >= 15 is 0 Å². The molecule has 2 spiro atoms. The molecule has 0 aromatic carbocycles. The molecule has 2 N–H and O–H groups in total. The van der Waals surface area contributed by atoms with Crippen molar-refractivity contribution >= 4 is 11.8 Å². The first-order valence-corrected chi connectivity index (χ1v) is 13.9. The van der Waals surface area contributed by atoms with Crippen LogP contribution in [0.5, 0.6) is 0 Å². The van der Waals surface area contributed by atoms with Crippen LogP contribution in [0.2, 0.25) is 0 Å². The van der Waals surface area contributed by atoms with E-state index in [9.17, 15) is 19.8 Å². The van der Waals surface area contributed by atoms with Crippen LogP contribution in [0, 0.1) is 50.7 Å². The Hall–Kier alpha value is -1.16. The van der Waals surface area contributed by atoms with Gasteiger partial charge in [-0.1, -0.05) is 34.6 Å². The van der Waals surface area contributed by atoms with Gasteiger partial charge in [0.15, 0.2) is 0 Å². The molecule has 4 heteroatoms. The van der Waals surface area contributed by atoms with Gasteiger partial charge in [-0.05, 0) is 116 Å². The van der Waals surface area contributed by atoms with Crippen molar-refractivity contribution in [2.45, 2.75) is 112 Å². The molecule has 0 aliphatic heterocycles. The second-order valence-electron chi connectivity index (χ2n) is 14.2. The Labute approximate surface area is 206 Å². The number of aliphatic carboxylic acids is 1. The van der Waals surface area contributed by atoms with Crippen LogP contribution in [0.25, 0.3) is 0 Å². The Morgan fingerprint density at radius 1 is 1.00 bits per heavy atom. The van der Waals surface area contributed by atoms with E-state index in [-0.39, 0.29) is 16.4 Å². The maximum Gasteiger partial charge on any atom is 0.331 e. The van der Waals surface area contributed by atoms with E-state index in [0.29, 0.717) is 46.2 Å². The summed E-state index contributed by atoms with van der Waals surface area (Å²) in [5, 5.41) is 19.8. The van der Waals surface area contributed by atoms with Crippen molar-refractivity contribution in [3.63, 3.8) is 0 Å². The minimum atomic E-state index is -0.953. The van der Waals surface area contributed by atoms with Gasteiger partial charge in [-0.15, -0.1) is 0 Å². The van der Waals surface area contributed by atoms with Gasteiger partial charge in [-0.3, -0.25) is 4.79 Å². The molecule has 9 atom stereocenters. The first-order valence-electron chi connectivity index (χ1n) is 13.9. The van der Waals surface area contributed by atoms with Gasteiger partial charge in [0.1, 0.15) is 5.78 Å². The fourth-order valence-corrected chi connectivity index (χ4v) is 11.1. The summed E-state index contributed by atoms with van der Waals surface area (Å²) < 4.78 is 0. The topological polar surface area (TPSA) is 74.6 Å².